The fourth-order valence-corrected chi connectivity index (χ4v) is 7.23. The average molecular weight is 577 g/mol. The van der Waals surface area contributed by atoms with Crippen molar-refractivity contribution < 1.29 is 26.3 Å². The zero-order chi connectivity index (χ0) is 23.8. The molecule has 2 atom stereocenters. The van der Waals surface area contributed by atoms with Crippen molar-refractivity contribution in [2.24, 2.45) is 0 Å². The van der Waals surface area contributed by atoms with E-state index in [1.54, 1.807) is 0 Å². The molecule has 3 aromatic rings. The normalized spacial score (nSPS) is 22.7. The second-order valence-electron chi connectivity index (χ2n) is 9.66. The van der Waals surface area contributed by atoms with Crippen LogP contribution in [0, 0.1) is 0 Å². The fraction of sp³-hybridized carbons (Fsp3) is 0.276. The van der Waals surface area contributed by atoms with Gasteiger partial charge in [-0.15, -0.1) is 0 Å². The molecule has 0 aliphatic carbocycles. The Morgan fingerprint density at radius 3 is 2.43 bits per heavy atom. The summed E-state index contributed by atoms with van der Waals surface area (Å²) in [5.74, 6) is 0.182. The van der Waals surface area contributed by atoms with Gasteiger partial charge in [-0.2, -0.15) is 0 Å². The molecule has 0 radical (unpaired) electrons. The SMILES string of the molecule is CN1CCN(Cc2ccc(C3Nc4cccc5c4C(=C[I-]NC5=O)C3c3ccccc3)cc2)CC1. The fourth-order valence-electron chi connectivity index (χ4n) is 5.47. The Hall–Kier alpha value is -2.68. The molecule has 1 fully saturated rings. The molecule has 3 aliphatic heterocycles. The topological polar surface area (TPSA) is 47.6 Å². The van der Waals surface area contributed by atoms with E-state index in [1.807, 2.05) is 12.1 Å². The summed E-state index contributed by atoms with van der Waals surface area (Å²) in [6.45, 7) is 5.53. The van der Waals surface area contributed by atoms with Gasteiger partial charge in [0.25, 0.3) is 0 Å². The molecule has 3 heterocycles. The van der Waals surface area contributed by atoms with Crippen LogP contribution in [0.25, 0.3) is 5.57 Å². The molecule has 1 saturated heterocycles. The van der Waals surface area contributed by atoms with Crippen molar-refractivity contribution in [2.75, 3.05) is 38.5 Å². The number of likely N-dealkylation sites (N-methyl/N-ethyl adjacent to an activating group) is 1. The van der Waals surface area contributed by atoms with E-state index in [4.69, 9.17) is 0 Å². The molecule has 2 unspecified atom stereocenters. The van der Waals surface area contributed by atoms with Gasteiger partial charge in [0.2, 0.25) is 0 Å². The van der Waals surface area contributed by atoms with E-state index < -0.39 is 21.5 Å². The number of nitrogens with zero attached hydrogens (tertiary/aromatic N) is 2. The number of benzene rings is 3. The van der Waals surface area contributed by atoms with Crippen molar-refractivity contribution in [3.63, 3.8) is 0 Å². The first-order chi connectivity index (χ1) is 17.2. The van der Waals surface area contributed by atoms with Crippen LogP contribution in [0.1, 0.15) is 44.6 Å². The molecule has 2 N–H and O–H groups in total. The van der Waals surface area contributed by atoms with Gasteiger partial charge in [0.05, 0.1) is 0 Å². The molecule has 0 aromatic heterocycles. The monoisotopic (exact) mass is 577 g/mol. The molecular weight excluding hydrogens is 547 g/mol. The minimum absolute atomic E-state index is 0.0428. The zero-order valence-corrected chi connectivity index (χ0v) is 22.0. The third-order valence-electron chi connectivity index (χ3n) is 7.39. The number of piperazine rings is 1. The molecule has 0 spiro atoms. The third-order valence-corrected chi connectivity index (χ3v) is 9.17. The summed E-state index contributed by atoms with van der Waals surface area (Å²) >= 11 is -0.553. The number of rotatable bonds is 4. The number of anilines is 1. The quantitative estimate of drug-likeness (QED) is 0.365. The molecule has 6 heteroatoms. The van der Waals surface area contributed by atoms with Crippen LogP contribution in [0.2, 0.25) is 0 Å². The zero-order valence-electron chi connectivity index (χ0n) is 19.9. The Morgan fingerprint density at radius 2 is 1.66 bits per heavy atom. The molecular formula is C29H30IN4O-. The minimum atomic E-state index is -0.553. The van der Waals surface area contributed by atoms with Crippen LogP contribution in [0.3, 0.4) is 0 Å². The van der Waals surface area contributed by atoms with Crippen LogP contribution < -0.4 is 30.3 Å². The molecule has 3 aromatic carbocycles. The summed E-state index contributed by atoms with van der Waals surface area (Å²) in [6.07, 6.45) is 0. The predicted octanol–water partition coefficient (Wildman–Crippen LogP) is 1.47. The van der Waals surface area contributed by atoms with Gasteiger partial charge in [-0.25, -0.2) is 0 Å². The maximum absolute atomic E-state index is 12.8. The van der Waals surface area contributed by atoms with E-state index in [-0.39, 0.29) is 17.9 Å². The van der Waals surface area contributed by atoms with Gasteiger partial charge in [-0.3, -0.25) is 0 Å². The Kier molecular flexibility index (Phi) is 6.35. The van der Waals surface area contributed by atoms with E-state index in [0.29, 0.717) is 0 Å². The Balaban J connectivity index is 1.36. The number of hydrogen-bond acceptors (Lipinski definition) is 4. The maximum atomic E-state index is 12.8. The van der Waals surface area contributed by atoms with Crippen LogP contribution >= 0.6 is 0 Å². The van der Waals surface area contributed by atoms with Crippen LogP contribution in [-0.2, 0) is 6.54 Å². The van der Waals surface area contributed by atoms with Crippen LogP contribution in [-0.4, -0.2) is 48.9 Å². The number of amides is 1. The molecule has 0 saturated carbocycles. The second-order valence-corrected chi connectivity index (χ2v) is 11.4. The molecule has 1 amide bonds. The Labute approximate surface area is 217 Å². The van der Waals surface area contributed by atoms with Gasteiger partial charge in [-0.05, 0) is 7.05 Å². The Morgan fingerprint density at radius 1 is 0.886 bits per heavy atom. The van der Waals surface area contributed by atoms with Crippen molar-refractivity contribution >= 4 is 17.2 Å². The summed E-state index contributed by atoms with van der Waals surface area (Å²) in [5, 5.41) is 3.83. The third kappa shape index (κ3) is 4.50. The van der Waals surface area contributed by atoms with E-state index >= 15 is 0 Å². The van der Waals surface area contributed by atoms with Crippen molar-refractivity contribution in [1.82, 2.24) is 13.3 Å². The van der Waals surface area contributed by atoms with Gasteiger partial charge in [-0.1, -0.05) is 0 Å². The van der Waals surface area contributed by atoms with Crippen LogP contribution in [0.15, 0.2) is 76.9 Å². The summed E-state index contributed by atoms with van der Waals surface area (Å²) in [7, 11) is 2.20. The predicted molar refractivity (Wildman–Crippen MR) is 137 cm³/mol. The van der Waals surface area contributed by atoms with Crippen molar-refractivity contribution in [2.45, 2.75) is 18.5 Å². The molecule has 6 rings (SSSR count). The van der Waals surface area contributed by atoms with E-state index in [1.165, 1.54) is 22.3 Å². The number of nitrogens with one attached hydrogen (secondary N) is 2. The Bertz CT molecular complexity index is 1250. The first-order valence-electron chi connectivity index (χ1n) is 12.2. The first-order valence-corrected chi connectivity index (χ1v) is 14.6. The summed E-state index contributed by atoms with van der Waals surface area (Å²) < 4.78 is 5.47. The molecule has 5 nitrogen and oxygen atoms in total. The van der Waals surface area contributed by atoms with E-state index in [0.717, 1.165) is 49.5 Å². The van der Waals surface area contributed by atoms with Crippen molar-refractivity contribution in [1.29, 1.82) is 0 Å². The van der Waals surface area contributed by atoms with E-state index in [9.17, 15) is 4.79 Å². The first kappa shape index (κ1) is 22.8. The summed E-state index contributed by atoms with van der Waals surface area (Å²) in [5.41, 5.74) is 8.09. The van der Waals surface area contributed by atoms with Gasteiger partial charge < -0.3 is 4.90 Å². The molecule has 35 heavy (non-hydrogen) atoms. The van der Waals surface area contributed by atoms with Gasteiger partial charge >= 0.3 is 207 Å². The van der Waals surface area contributed by atoms with Crippen molar-refractivity contribution in [3.05, 3.63) is 105 Å². The second kappa shape index (κ2) is 9.76. The molecule has 180 valence electrons. The number of hydrogen-bond donors (Lipinski definition) is 2. The average Bonchev–Trinajstić information content (AvgIpc) is 3.06. The van der Waals surface area contributed by atoms with Gasteiger partial charge in [0.15, 0.2) is 0 Å². The van der Waals surface area contributed by atoms with E-state index in [2.05, 4.69) is 90.4 Å². The number of halogens is 1. The molecule has 3 aliphatic rings. The van der Waals surface area contributed by atoms with Crippen LogP contribution in [0.4, 0.5) is 5.69 Å². The summed E-state index contributed by atoms with van der Waals surface area (Å²) in [6, 6.07) is 26.1. The van der Waals surface area contributed by atoms with Gasteiger partial charge in [0, 0.05) is 0 Å². The van der Waals surface area contributed by atoms with Gasteiger partial charge in [0.1, 0.15) is 0 Å². The van der Waals surface area contributed by atoms with Crippen molar-refractivity contribution in [3.8, 4) is 0 Å². The van der Waals surface area contributed by atoms with Crippen LogP contribution in [0.5, 0.6) is 0 Å². The molecule has 0 bridgehead atoms. The number of carbonyl (C=O) groups is 1. The summed E-state index contributed by atoms with van der Waals surface area (Å²) in [4.78, 5) is 17.7. The number of carbonyl (C=O) groups excluding carboxylic acids is 1. The standard InChI is InChI=1S/C29H30IN4O/c1-33-14-16-34(17-15-33)19-20-10-12-22(13-11-20)28-26(21-6-3-2-4-7-21)24-18-30-32-29(35)23-8-5-9-25(31-28)27(23)24/h2-13,18,26,28,31H,14-17,19H2,1H3,(H,32,35)/q-1.